The third-order valence-electron chi connectivity index (χ3n) is 7.18. The first-order chi connectivity index (χ1) is 15.4. The van der Waals surface area contributed by atoms with Crippen molar-refractivity contribution in [1.82, 2.24) is 10.2 Å². The van der Waals surface area contributed by atoms with E-state index in [4.69, 9.17) is 9.47 Å². The van der Waals surface area contributed by atoms with Gasteiger partial charge < -0.3 is 19.7 Å². The van der Waals surface area contributed by atoms with Crippen LogP contribution >= 0.6 is 0 Å². The van der Waals surface area contributed by atoms with E-state index in [1.165, 1.54) is 6.42 Å². The van der Waals surface area contributed by atoms with Crippen molar-refractivity contribution in [2.75, 3.05) is 14.2 Å². The van der Waals surface area contributed by atoms with Gasteiger partial charge in [-0.15, -0.1) is 0 Å². The van der Waals surface area contributed by atoms with Crippen molar-refractivity contribution in [3.8, 4) is 11.5 Å². The van der Waals surface area contributed by atoms with Crippen LogP contribution in [0.25, 0.3) is 0 Å². The monoisotopic (exact) mass is 436 g/mol. The Labute approximate surface area is 189 Å². The van der Waals surface area contributed by atoms with Gasteiger partial charge in [-0.25, -0.2) is 0 Å². The number of nitrogens with one attached hydrogen (secondary N) is 1. The van der Waals surface area contributed by atoms with E-state index in [2.05, 4.69) is 19.2 Å². The summed E-state index contributed by atoms with van der Waals surface area (Å²) in [6.45, 7) is 4.73. The molecule has 2 aromatic carbocycles. The summed E-state index contributed by atoms with van der Waals surface area (Å²) in [5.74, 6) is 2.05. The average molecular weight is 437 g/mol. The number of hydrogen-bond donors (Lipinski definition) is 1. The number of benzene rings is 2. The molecule has 4 atom stereocenters. The highest BCUT2D eigenvalue weighted by atomic mass is 16.5. The second kappa shape index (κ2) is 9.23. The van der Waals surface area contributed by atoms with Crippen LogP contribution in [0.4, 0.5) is 0 Å². The number of methoxy groups -OCH3 is 2. The van der Waals surface area contributed by atoms with Crippen LogP contribution in [-0.4, -0.2) is 37.0 Å². The summed E-state index contributed by atoms with van der Waals surface area (Å²) in [7, 11) is 3.19. The number of amides is 2. The number of fused-ring (bicyclic) bond motifs is 1. The van der Waals surface area contributed by atoms with Gasteiger partial charge in [0, 0.05) is 23.2 Å². The number of carbonyl (C=O) groups is 2. The first kappa shape index (κ1) is 22.2. The largest absolute Gasteiger partial charge is 0.497 e. The fourth-order valence-electron chi connectivity index (χ4n) is 5.03. The highest BCUT2D eigenvalue weighted by Crippen LogP contribution is 2.38. The van der Waals surface area contributed by atoms with E-state index in [0.29, 0.717) is 28.9 Å². The molecular formula is C26H32N2O4. The Kier molecular flexibility index (Phi) is 6.40. The molecule has 6 heteroatoms. The zero-order valence-electron chi connectivity index (χ0n) is 19.3. The SMILES string of the molecule is COc1ccc(CN2C(=O)c3ccccc3[C@@H]2C(=O)N[C@@H]2CCC[C@@H](C)[C@H]2C)c(OC)c1. The Hall–Kier alpha value is -3.02. The molecule has 2 amide bonds. The molecule has 1 aliphatic carbocycles. The molecule has 4 rings (SSSR count). The Morgan fingerprint density at radius 1 is 1.09 bits per heavy atom. The van der Waals surface area contributed by atoms with E-state index in [1.54, 1.807) is 31.3 Å². The number of carbonyl (C=O) groups excluding carboxylic acids is 2. The molecule has 2 aromatic rings. The summed E-state index contributed by atoms with van der Waals surface area (Å²) < 4.78 is 10.8. The molecule has 0 radical (unpaired) electrons. The maximum atomic E-state index is 13.6. The number of ether oxygens (including phenoxy) is 2. The van der Waals surface area contributed by atoms with Crippen molar-refractivity contribution in [3.63, 3.8) is 0 Å². The molecule has 1 N–H and O–H groups in total. The topological polar surface area (TPSA) is 67.9 Å². The van der Waals surface area contributed by atoms with E-state index in [-0.39, 0.29) is 24.4 Å². The lowest BCUT2D eigenvalue weighted by molar-refractivity contribution is -0.127. The molecule has 32 heavy (non-hydrogen) atoms. The molecule has 0 unspecified atom stereocenters. The summed E-state index contributed by atoms with van der Waals surface area (Å²) in [5.41, 5.74) is 2.18. The summed E-state index contributed by atoms with van der Waals surface area (Å²) in [4.78, 5) is 28.6. The van der Waals surface area contributed by atoms with Gasteiger partial charge in [-0.2, -0.15) is 0 Å². The fourth-order valence-corrected chi connectivity index (χ4v) is 5.03. The van der Waals surface area contributed by atoms with Crippen LogP contribution < -0.4 is 14.8 Å². The lowest BCUT2D eigenvalue weighted by Crippen LogP contribution is -2.48. The molecular weight excluding hydrogens is 404 g/mol. The standard InChI is InChI=1S/C26H32N2O4/c1-16-8-7-11-22(17(16)2)27-25(29)24-20-9-5-6-10-21(20)26(30)28(24)15-18-12-13-19(31-3)14-23(18)32-4/h5-6,9-10,12-14,16-17,22,24H,7-8,11,15H2,1-4H3,(H,27,29)/t16-,17-,22-,24-/m1/s1. The van der Waals surface area contributed by atoms with Crippen molar-refractivity contribution < 1.29 is 19.1 Å². The minimum Gasteiger partial charge on any atom is -0.497 e. The van der Waals surface area contributed by atoms with Gasteiger partial charge >= 0.3 is 0 Å². The van der Waals surface area contributed by atoms with Crippen molar-refractivity contribution in [3.05, 3.63) is 59.2 Å². The van der Waals surface area contributed by atoms with Crippen LogP contribution in [0.2, 0.25) is 0 Å². The Bertz CT molecular complexity index is 1010. The van der Waals surface area contributed by atoms with Gasteiger partial charge in [-0.1, -0.05) is 44.9 Å². The molecule has 0 aromatic heterocycles. The zero-order valence-corrected chi connectivity index (χ0v) is 19.3. The van der Waals surface area contributed by atoms with Crippen LogP contribution in [0.5, 0.6) is 11.5 Å². The molecule has 1 heterocycles. The molecule has 0 saturated heterocycles. The highest BCUT2D eigenvalue weighted by Gasteiger charge is 2.42. The van der Waals surface area contributed by atoms with Gasteiger partial charge in [0.1, 0.15) is 17.5 Å². The minimum absolute atomic E-state index is 0.110. The summed E-state index contributed by atoms with van der Waals surface area (Å²) in [5, 5.41) is 3.28. The van der Waals surface area contributed by atoms with Gasteiger partial charge in [-0.3, -0.25) is 9.59 Å². The van der Waals surface area contributed by atoms with E-state index in [1.807, 2.05) is 30.3 Å². The summed E-state index contributed by atoms with van der Waals surface area (Å²) in [6.07, 6.45) is 3.29. The van der Waals surface area contributed by atoms with Gasteiger partial charge in [0.2, 0.25) is 5.91 Å². The lowest BCUT2D eigenvalue weighted by atomic mass is 9.78. The van der Waals surface area contributed by atoms with E-state index >= 15 is 0 Å². The highest BCUT2D eigenvalue weighted by molar-refractivity contribution is 6.04. The molecule has 0 spiro atoms. The second-order valence-electron chi connectivity index (χ2n) is 8.98. The smallest absolute Gasteiger partial charge is 0.255 e. The number of hydrogen-bond acceptors (Lipinski definition) is 4. The summed E-state index contributed by atoms with van der Waals surface area (Å²) >= 11 is 0. The molecule has 6 nitrogen and oxygen atoms in total. The third kappa shape index (κ3) is 4.06. The molecule has 170 valence electrons. The van der Waals surface area contributed by atoms with Gasteiger partial charge in [0.25, 0.3) is 5.91 Å². The predicted molar refractivity (Wildman–Crippen MR) is 123 cm³/mol. The Morgan fingerprint density at radius 2 is 1.88 bits per heavy atom. The van der Waals surface area contributed by atoms with Gasteiger partial charge in [-0.05, 0) is 42.0 Å². The second-order valence-corrected chi connectivity index (χ2v) is 8.98. The predicted octanol–water partition coefficient (Wildman–Crippen LogP) is 4.34. The van der Waals surface area contributed by atoms with Crippen LogP contribution in [0, 0.1) is 11.8 Å². The molecule has 1 fully saturated rings. The maximum Gasteiger partial charge on any atom is 0.255 e. The molecule has 0 bridgehead atoms. The van der Waals surface area contributed by atoms with Crippen molar-refractivity contribution >= 4 is 11.8 Å². The number of nitrogens with zero attached hydrogens (tertiary/aromatic N) is 1. The quantitative estimate of drug-likeness (QED) is 0.731. The number of rotatable bonds is 6. The van der Waals surface area contributed by atoms with E-state index in [9.17, 15) is 9.59 Å². The van der Waals surface area contributed by atoms with Crippen molar-refractivity contribution in [1.29, 1.82) is 0 Å². The van der Waals surface area contributed by atoms with Crippen molar-refractivity contribution in [2.45, 2.75) is 51.7 Å². The first-order valence-corrected chi connectivity index (χ1v) is 11.4. The Morgan fingerprint density at radius 3 is 2.62 bits per heavy atom. The third-order valence-corrected chi connectivity index (χ3v) is 7.18. The average Bonchev–Trinajstić information content (AvgIpc) is 3.09. The van der Waals surface area contributed by atoms with Crippen LogP contribution in [0.15, 0.2) is 42.5 Å². The normalized spacial score (nSPS) is 24.8. The molecule has 1 aliphatic heterocycles. The lowest BCUT2D eigenvalue weighted by Gasteiger charge is -2.36. The minimum atomic E-state index is -0.657. The van der Waals surface area contributed by atoms with Crippen LogP contribution in [-0.2, 0) is 11.3 Å². The fraction of sp³-hybridized carbons (Fsp3) is 0.462. The zero-order chi connectivity index (χ0) is 22.8. The first-order valence-electron chi connectivity index (χ1n) is 11.4. The van der Waals surface area contributed by atoms with Crippen LogP contribution in [0.3, 0.4) is 0 Å². The summed E-state index contributed by atoms with van der Waals surface area (Å²) in [6, 6.07) is 12.4. The van der Waals surface area contributed by atoms with E-state index < -0.39 is 6.04 Å². The molecule has 2 aliphatic rings. The maximum absolute atomic E-state index is 13.6. The van der Waals surface area contributed by atoms with Crippen molar-refractivity contribution in [2.24, 2.45) is 11.8 Å². The molecule has 1 saturated carbocycles. The van der Waals surface area contributed by atoms with Crippen LogP contribution in [0.1, 0.15) is 60.6 Å². The van der Waals surface area contributed by atoms with Gasteiger partial charge in [0.05, 0.1) is 20.8 Å². The van der Waals surface area contributed by atoms with Gasteiger partial charge in [0.15, 0.2) is 0 Å². The van der Waals surface area contributed by atoms with E-state index in [0.717, 1.165) is 24.0 Å². The Balaban J connectivity index is 1.64.